The Balaban J connectivity index is 2.84. The minimum absolute atomic E-state index is 0.553. The van der Waals surface area contributed by atoms with Gasteiger partial charge < -0.3 is 0 Å². The maximum Gasteiger partial charge on any atom is 0.236 e. The largest absolute Gasteiger partial charge is 0.258 e. The lowest BCUT2D eigenvalue weighted by atomic mass is 10.3. The van der Waals surface area contributed by atoms with Gasteiger partial charge in [-0.05, 0) is 12.1 Å². The fraction of sp³-hybridized carbons (Fsp3) is 0.143. The van der Waals surface area contributed by atoms with E-state index in [2.05, 4.69) is 9.98 Å². The summed E-state index contributed by atoms with van der Waals surface area (Å²) in [4.78, 5) is 17.0. The average Bonchev–Trinajstić information content (AvgIpc) is 2.07. The van der Waals surface area contributed by atoms with Crippen molar-refractivity contribution < 1.29 is 4.79 Å². The van der Waals surface area contributed by atoms with E-state index in [1.54, 1.807) is 24.4 Å². The van der Waals surface area contributed by atoms with E-state index < -0.39 is 5.50 Å². The molecule has 0 saturated heterocycles. The summed E-state index contributed by atoms with van der Waals surface area (Å²) >= 11 is 5.61. The molecule has 0 aliphatic heterocycles. The van der Waals surface area contributed by atoms with Crippen LogP contribution in [0.2, 0.25) is 0 Å². The number of hydrogen-bond acceptors (Lipinski definition) is 3. The number of aliphatic imine (C=N–C) groups is 1. The first-order valence-corrected chi connectivity index (χ1v) is 3.40. The van der Waals surface area contributed by atoms with Crippen molar-refractivity contribution in [3.63, 3.8) is 0 Å². The Bertz CT molecular complexity index is 269. The van der Waals surface area contributed by atoms with Gasteiger partial charge in [0.2, 0.25) is 6.08 Å². The molecule has 3 nitrogen and oxygen atoms in total. The fourth-order valence-corrected chi connectivity index (χ4v) is 0.798. The Morgan fingerprint density at radius 2 is 2.45 bits per heavy atom. The molecule has 0 N–H and O–H groups in total. The molecule has 1 atom stereocenters. The zero-order valence-electron chi connectivity index (χ0n) is 5.57. The van der Waals surface area contributed by atoms with Crippen LogP contribution in [-0.2, 0) is 4.79 Å². The maximum atomic E-state index is 9.78. The molecular weight excluding hydrogens is 164 g/mol. The fourth-order valence-electron chi connectivity index (χ4n) is 0.629. The number of isocyanates is 1. The van der Waals surface area contributed by atoms with Crippen LogP contribution >= 0.6 is 11.6 Å². The van der Waals surface area contributed by atoms with Crippen molar-refractivity contribution in [2.24, 2.45) is 4.99 Å². The average molecular weight is 169 g/mol. The van der Waals surface area contributed by atoms with Gasteiger partial charge in [-0.3, -0.25) is 4.98 Å². The molecule has 0 saturated carbocycles. The Morgan fingerprint density at radius 1 is 1.64 bits per heavy atom. The van der Waals surface area contributed by atoms with Crippen molar-refractivity contribution in [1.82, 2.24) is 4.98 Å². The molecule has 1 unspecified atom stereocenters. The van der Waals surface area contributed by atoms with E-state index in [1.807, 2.05) is 0 Å². The number of alkyl halides is 1. The number of pyridine rings is 1. The van der Waals surface area contributed by atoms with Gasteiger partial charge in [-0.15, -0.1) is 0 Å². The van der Waals surface area contributed by atoms with Gasteiger partial charge in [-0.1, -0.05) is 17.7 Å². The van der Waals surface area contributed by atoms with Gasteiger partial charge in [0.25, 0.3) is 0 Å². The van der Waals surface area contributed by atoms with Crippen molar-refractivity contribution in [2.75, 3.05) is 0 Å². The smallest absolute Gasteiger partial charge is 0.236 e. The lowest BCUT2D eigenvalue weighted by molar-refractivity contribution is 0.562. The van der Waals surface area contributed by atoms with E-state index in [-0.39, 0.29) is 0 Å². The van der Waals surface area contributed by atoms with Crippen molar-refractivity contribution in [3.8, 4) is 0 Å². The molecule has 0 aromatic carbocycles. The molecule has 1 heterocycles. The number of hydrogen-bond donors (Lipinski definition) is 0. The zero-order chi connectivity index (χ0) is 8.10. The predicted molar refractivity (Wildman–Crippen MR) is 41.0 cm³/mol. The van der Waals surface area contributed by atoms with Crippen LogP contribution < -0.4 is 0 Å². The third-order valence-electron chi connectivity index (χ3n) is 1.10. The summed E-state index contributed by atoms with van der Waals surface area (Å²) in [6.45, 7) is 0. The summed E-state index contributed by atoms with van der Waals surface area (Å²) in [6.07, 6.45) is 2.96. The summed E-state index contributed by atoms with van der Waals surface area (Å²) < 4.78 is 0. The van der Waals surface area contributed by atoms with Crippen LogP contribution in [0.4, 0.5) is 0 Å². The van der Waals surface area contributed by atoms with E-state index in [0.717, 1.165) is 0 Å². The van der Waals surface area contributed by atoms with E-state index >= 15 is 0 Å². The second-order valence-corrected chi connectivity index (χ2v) is 2.22. The molecule has 1 rings (SSSR count). The molecule has 0 aliphatic carbocycles. The molecular formula is C7H5ClN2O. The first-order valence-electron chi connectivity index (χ1n) is 2.96. The third kappa shape index (κ3) is 2.15. The molecule has 0 amide bonds. The van der Waals surface area contributed by atoms with Crippen molar-refractivity contribution in [3.05, 3.63) is 30.1 Å². The SMILES string of the molecule is O=C=NC(Cl)c1ccccn1. The first-order chi connectivity index (χ1) is 5.34. The Kier molecular flexibility index (Phi) is 2.78. The lowest BCUT2D eigenvalue weighted by Gasteiger charge is -1.97. The van der Waals surface area contributed by atoms with Gasteiger partial charge in [0.05, 0.1) is 5.69 Å². The molecule has 0 radical (unpaired) electrons. The standard InChI is InChI=1S/C7H5ClN2O/c8-7(10-5-11)6-3-1-2-4-9-6/h1-4,7H. The summed E-state index contributed by atoms with van der Waals surface area (Å²) in [6, 6.07) is 5.23. The Labute approximate surface area is 68.7 Å². The maximum absolute atomic E-state index is 9.78. The quantitative estimate of drug-likeness (QED) is 0.292. The van der Waals surface area contributed by atoms with Crippen LogP contribution in [0.15, 0.2) is 29.4 Å². The van der Waals surface area contributed by atoms with Crippen LogP contribution in [-0.4, -0.2) is 11.1 Å². The molecule has 0 fully saturated rings. The summed E-state index contributed by atoms with van der Waals surface area (Å²) in [5.41, 5.74) is -0.161. The van der Waals surface area contributed by atoms with E-state index in [1.165, 1.54) is 6.08 Å². The highest BCUT2D eigenvalue weighted by Crippen LogP contribution is 2.17. The van der Waals surface area contributed by atoms with E-state index in [4.69, 9.17) is 11.6 Å². The number of halogens is 1. The van der Waals surface area contributed by atoms with Crippen LogP contribution in [0, 0.1) is 0 Å². The minimum Gasteiger partial charge on any atom is -0.258 e. The molecule has 0 spiro atoms. The van der Waals surface area contributed by atoms with Crippen LogP contribution in [0.5, 0.6) is 0 Å². The van der Waals surface area contributed by atoms with Gasteiger partial charge in [0, 0.05) is 6.20 Å². The highest BCUT2D eigenvalue weighted by atomic mass is 35.5. The number of rotatable bonds is 2. The summed E-state index contributed by atoms with van der Waals surface area (Å²) in [5.74, 6) is 0. The molecule has 56 valence electrons. The van der Waals surface area contributed by atoms with Crippen LogP contribution in [0.25, 0.3) is 0 Å². The summed E-state index contributed by atoms with van der Waals surface area (Å²) in [5, 5.41) is 0. The summed E-state index contributed by atoms with van der Waals surface area (Å²) in [7, 11) is 0. The van der Waals surface area contributed by atoms with E-state index in [9.17, 15) is 4.79 Å². The Morgan fingerprint density at radius 3 is 3.00 bits per heavy atom. The van der Waals surface area contributed by atoms with Crippen LogP contribution in [0.3, 0.4) is 0 Å². The van der Waals surface area contributed by atoms with Gasteiger partial charge in [0.1, 0.15) is 0 Å². The first kappa shape index (κ1) is 7.92. The lowest BCUT2D eigenvalue weighted by Crippen LogP contribution is -1.88. The van der Waals surface area contributed by atoms with Crippen molar-refractivity contribution in [2.45, 2.75) is 5.50 Å². The van der Waals surface area contributed by atoms with Gasteiger partial charge >= 0.3 is 0 Å². The normalized spacial score (nSPS) is 11.7. The number of carbonyl (C=O) groups excluding carboxylic acids is 1. The number of aromatic nitrogens is 1. The highest BCUT2D eigenvalue weighted by Gasteiger charge is 2.04. The molecule has 1 aromatic heterocycles. The highest BCUT2D eigenvalue weighted by molar-refractivity contribution is 6.20. The van der Waals surface area contributed by atoms with Gasteiger partial charge in [-0.25, -0.2) is 4.79 Å². The predicted octanol–water partition coefficient (Wildman–Crippen LogP) is 1.65. The monoisotopic (exact) mass is 168 g/mol. The van der Waals surface area contributed by atoms with Crippen molar-refractivity contribution in [1.29, 1.82) is 0 Å². The van der Waals surface area contributed by atoms with E-state index in [0.29, 0.717) is 5.69 Å². The molecule has 0 aliphatic rings. The van der Waals surface area contributed by atoms with Crippen molar-refractivity contribution >= 4 is 17.7 Å². The van der Waals surface area contributed by atoms with Gasteiger partial charge in [0.15, 0.2) is 5.50 Å². The molecule has 11 heavy (non-hydrogen) atoms. The zero-order valence-corrected chi connectivity index (χ0v) is 6.32. The minimum atomic E-state index is -0.714. The molecule has 0 bridgehead atoms. The van der Waals surface area contributed by atoms with Crippen LogP contribution in [0.1, 0.15) is 11.2 Å². The molecule has 1 aromatic rings. The second kappa shape index (κ2) is 3.86. The van der Waals surface area contributed by atoms with Gasteiger partial charge in [-0.2, -0.15) is 4.99 Å². The Hall–Kier alpha value is -1.18. The third-order valence-corrected chi connectivity index (χ3v) is 1.42. The number of nitrogens with zero attached hydrogens (tertiary/aromatic N) is 2. The second-order valence-electron chi connectivity index (χ2n) is 1.81. The molecule has 4 heteroatoms. The topological polar surface area (TPSA) is 42.3 Å².